The lowest BCUT2D eigenvalue weighted by Crippen LogP contribution is -2.39. The monoisotopic (exact) mass is 269 g/mol. The van der Waals surface area contributed by atoms with Crippen LogP contribution in [0.3, 0.4) is 0 Å². The molecule has 2 N–H and O–H groups in total. The number of rotatable bonds is 4. The molecule has 2 heterocycles. The second kappa shape index (κ2) is 5.50. The molecule has 2 rings (SSSR count). The van der Waals surface area contributed by atoms with Crippen molar-refractivity contribution in [2.24, 2.45) is 5.73 Å². The molecule has 0 aromatic carbocycles. The van der Waals surface area contributed by atoms with Crippen molar-refractivity contribution in [2.75, 3.05) is 18.0 Å². The summed E-state index contributed by atoms with van der Waals surface area (Å²) in [5.41, 5.74) is 6.05. The number of hydrogen-bond acceptors (Lipinski definition) is 3. The molecular formula is C13H17F2N3O. The number of alkyl halides is 2. The lowest BCUT2D eigenvalue weighted by molar-refractivity contribution is -0.117. The first kappa shape index (κ1) is 13.7. The Balaban J connectivity index is 2.01. The first-order valence-electron chi connectivity index (χ1n) is 6.32. The number of pyridine rings is 1. The molecule has 1 saturated heterocycles. The number of halogens is 2. The molecular weight excluding hydrogens is 252 g/mol. The SMILES string of the molecule is NC(=O)CCc1ccnc(N2CCC(F)(F)CC2)c1. The molecule has 1 fully saturated rings. The second-order valence-electron chi connectivity index (χ2n) is 4.83. The fraction of sp³-hybridized carbons (Fsp3) is 0.538. The molecule has 1 aliphatic heterocycles. The van der Waals surface area contributed by atoms with Gasteiger partial charge in [0.25, 0.3) is 5.92 Å². The van der Waals surface area contributed by atoms with Gasteiger partial charge in [-0.2, -0.15) is 0 Å². The second-order valence-corrected chi connectivity index (χ2v) is 4.83. The molecule has 0 unspecified atom stereocenters. The number of piperidine rings is 1. The Morgan fingerprint density at radius 3 is 2.74 bits per heavy atom. The van der Waals surface area contributed by atoms with Crippen molar-refractivity contribution in [3.05, 3.63) is 23.9 Å². The van der Waals surface area contributed by atoms with Crippen LogP contribution >= 0.6 is 0 Å². The molecule has 4 nitrogen and oxygen atoms in total. The average molecular weight is 269 g/mol. The van der Waals surface area contributed by atoms with Gasteiger partial charge in [0.2, 0.25) is 5.91 Å². The largest absolute Gasteiger partial charge is 0.370 e. The van der Waals surface area contributed by atoms with Crippen LogP contribution in [0.5, 0.6) is 0 Å². The van der Waals surface area contributed by atoms with Crippen LogP contribution in [0.15, 0.2) is 18.3 Å². The number of primary amides is 1. The normalized spacial score (nSPS) is 18.3. The van der Waals surface area contributed by atoms with Crippen LogP contribution in [-0.2, 0) is 11.2 Å². The van der Waals surface area contributed by atoms with E-state index in [1.165, 1.54) is 0 Å². The summed E-state index contributed by atoms with van der Waals surface area (Å²) < 4.78 is 26.2. The van der Waals surface area contributed by atoms with Gasteiger partial charge >= 0.3 is 0 Å². The quantitative estimate of drug-likeness (QED) is 0.905. The molecule has 0 bridgehead atoms. The van der Waals surface area contributed by atoms with E-state index >= 15 is 0 Å². The van der Waals surface area contributed by atoms with Crippen LogP contribution in [0.25, 0.3) is 0 Å². The molecule has 19 heavy (non-hydrogen) atoms. The summed E-state index contributed by atoms with van der Waals surface area (Å²) in [7, 11) is 0. The third-order valence-electron chi connectivity index (χ3n) is 3.29. The Morgan fingerprint density at radius 2 is 2.11 bits per heavy atom. The van der Waals surface area contributed by atoms with E-state index in [9.17, 15) is 13.6 Å². The fourth-order valence-corrected chi connectivity index (χ4v) is 2.12. The van der Waals surface area contributed by atoms with E-state index in [4.69, 9.17) is 5.73 Å². The molecule has 1 amide bonds. The van der Waals surface area contributed by atoms with Crippen LogP contribution in [0.4, 0.5) is 14.6 Å². The van der Waals surface area contributed by atoms with E-state index in [0.29, 0.717) is 25.3 Å². The Morgan fingerprint density at radius 1 is 1.42 bits per heavy atom. The van der Waals surface area contributed by atoms with E-state index in [1.54, 1.807) is 6.20 Å². The Hall–Kier alpha value is -1.72. The summed E-state index contributed by atoms with van der Waals surface area (Å²) in [4.78, 5) is 16.8. The molecule has 1 aromatic rings. The third-order valence-corrected chi connectivity index (χ3v) is 3.29. The predicted molar refractivity (Wildman–Crippen MR) is 68.1 cm³/mol. The Labute approximate surface area is 110 Å². The molecule has 1 aliphatic rings. The Kier molecular flexibility index (Phi) is 3.97. The van der Waals surface area contributed by atoms with Crippen LogP contribution in [0.2, 0.25) is 0 Å². The number of hydrogen-bond donors (Lipinski definition) is 1. The predicted octanol–water partition coefficient (Wildman–Crippen LogP) is 1.73. The molecule has 0 saturated carbocycles. The summed E-state index contributed by atoms with van der Waals surface area (Å²) in [6, 6.07) is 3.65. The number of aromatic nitrogens is 1. The van der Waals surface area contributed by atoms with Gasteiger partial charge in [-0.1, -0.05) is 0 Å². The van der Waals surface area contributed by atoms with Gasteiger partial charge in [-0.3, -0.25) is 4.79 Å². The van der Waals surface area contributed by atoms with Crippen molar-refractivity contribution in [1.29, 1.82) is 0 Å². The first-order chi connectivity index (χ1) is 8.96. The van der Waals surface area contributed by atoms with Crippen molar-refractivity contribution in [3.8, 4) is 0 Å². The lowest BCUT2D eigenvalue weighted by atomic mass is 10.1. The highest BCUT2D eigenvalue weighted by Gasteiger charge is 2.34. The maximum absolute atomic E-state index is 13.1. The molecule has 0 atom stereocenters. The first-order valence-corrected chi connectivity index (χ1v) is 6.32. The minimum Gasteiger partial charge on any atom is -0.370 e. The highest BCUT2D eigenvalue weighted by molar-refractivity contribution is 5.74. The third kappa shape index (κ3) is 3.87. The van der Waals surface area contributed by atoms with Gasteiger partial charge in [-0.05, 0) is 24.1 Å². The van der Waals surface area contributed by atoms with Gasteiger partial charge in [0.1, 0.15) is 5.82 Å². The number of carbonyl (C=O) groups is 1. The molecule has 1 aromatic heterocycles. The summed E-state index contributed by atoms with van der Waals surface area (Å²) in [6.07, 6.45) is 2.19. The number of carbonyl (C=O) groups excluding carboxylic acids is 1. The van der Waals surface area contributed by atoms with Crippen LogP contribution < -0.4 is 10.6 Å². The van der Waals surface area contributed by atoms with Gasteiger partial charge in [0.15, 0.2) is 0 Å². The Bertz CT molecular complexity index is 455. The lowest BCUT2D eigenvalue weighted by Gasteiger charge is -2.32. The average Bonchev–Trinajstić information content (AvgIpc) is 2.37. The summed E-state index contributed by atoms with van der Waals surface area (Å²) in [5, 5.41) is 0. The summed E-state index contributed by atoms with van der Waals surface area (Å²) in [5.74, 6) is -2.21. The van der Waals surface area contributed by atoms with Crippen molar-refractivity contribution >= 4 is 11.7 Å². The van der Waals surface area contributed by atoms with Crippen LogP contribution in [-0.4, -0.2) is 29.9 Å². The van der Waals surface area contributed by atoms with Crippen molar-refractivity contribution in [2.45, 2.75) is 31.6 Å². The van der Waals surface area contributed by atoms with Gasteiger partial charge < -0.3 is 10.6 Å². The van der Waals surface area contributed by atoms with Gasteiger partial charge in [-0.25, -0.2) is 13.8 Å². The fourth-order valence-electron chi connectivity index (χ4n) is 2.12. The van der Waals surface area contributed by atoms with Crippen molar-refractivity contribution < 1.29 is 13.6 Å². The smallest absolute Gasteiger partial charge is 0.251 e. The number of amides is 1. The molecule has 104 valence electrons. The van der Waals surface area contributed by atoms with E-state index in [2.05, 4.69) is 4.98 Å². The molecule has 0 spiro atoms. The van der Waals surface area contributed by atoms with Crippen LogP contribution in [0, 0.1) is 0 Å². The van der Waals surface area contributed by atoms with Gasteiger partial charge in [0, 0.05) is 38.5 Å². The van der Waals surface area contributed by atoms with E-state index in [0.717, 1.165) is 5.56 Å². The minimum absolute atomic E-state index is 0.139. The minimum atomic E-state index is -2.56. The number of nitrogens with zero attached hydrogens (tertiary/aromatic N) is 2. The van der Waals surface area contributed by atoms with E-state index < -0.39 is 5.92 Å². The zero-order valence-corrected chi connectivity index (χ0v) is 10.6. The highest BCUT2D eigenvalue weighted by atomic mass is 19.3. The van der Waals surface area contributed by atoms with Crippen LogP contribution in [0.1, 0.15) is 24.8 Å². The highest BCUT2D eigenvalue weighted by Crippen LogP contribution is 2.29. The van der Waals surface area contributed by atoms with Gasteiger partial charge in [-0.15, -0.1) is 0 Å². The number of aryl methyl sites for hydroxylation is 1. The summed E-state index contributed by atoms with van der Waals surface area (Å²) >= 11 is 0. The topological polar surface area (TPSA) is 59.2 Å². The zero-order chi connectivity index (χ0) is 13.9. The van der Waals surface area contributed by atoms with Crippen molar-refractivity contribution in [1.82, 2.24) is 4.98 Å². The maximum atomic E-state index is 13.1. The maximum Gasteiger partial charge on any atom is 0.251 e. The number of nitrogens with two attached hydrogens (primary N) is 1. The molecule has 0 aliphatic carbocycles. The molecule has 6 heteroatoms. The van der Waals surface area contributed by atoms with Crippen molar-refractivity contribution in [3.63, 3.8) is 0 Å². The zero-order valence-electron chi connectivity index (χ0n) is 10.6. The van der Waals surface area contributed by atoms with Gasteiger partial charge in [0.05, 0.1) is 0 Å². The standard InChI is InChI=1S/C13H17F2N3O/c14-13(15)4-7-18(8-5-13)12-9-10(3-6-17-12)1-2-11(16)19/h3,6,9H,1-2,4-5,7-8H2,(H2,16,19). The molecule has 0 radical (unpaired) electrons. The van der Waals surface area contributed by atoms with E-state index in [1.807, 2.05) is 17.0 Å². The number of anilines is 1. The van der Waals surface area contributed by atoms with E-state index in [-0.39, 0.29) is 25.2 Å². The summed E-state index contributed by atoms with van der Waals surface area (Å²) in [6.45, 7) is 0.610.